The minimum atomic E-state index is 0.415. The molecule has 0 amide bonds. The lowest BCUT2D eigenvalue weighted by Gasteiger charge is -2.12. The normalized spacial score (nSPS) is 11.3. The minimum absolute atomic E-state index is 0.415. The first-order chi connectivity index (χ1) is 7.49. The van der Waals surface area contributed by atoms with Crippen molar-refractivity contribution in [1.82, 2.24) is 4.98 Å². The van der Waals surface area contributed by atoms with Crippen molar-refractivity contribution >= 4 is 16.7 Å². The summed E-state index contributed by atoms with van der Waals surface area (Å²) in [6.07, 6.45) is 0. The predicted molar refractivity (Wildman–Crippen MR) is 69.7 cm³/mol. The highest BCUT2D eigenvalue weighted by atomic mass is 14.8. The summed E-state index contributed by atoms with van der Waals surface area (Å²) in [6.45, 7) is 8.47. The van der Waals surface area contributed by atoms with Crippen molar-refractivity contribution in [1.29, 1.82) is 0 Å². The number of nitrogen functional groups attached to an aromatic ring is 1. The van der Waals surface area contributed by atoms with Gasteiger partial charge in [0.05, 0.1) is 5.52 Å². The number of hydrogen-bond donors (Lipinski definition) is 1. The van der Waals surface area contributed by atoms with Crippen molar-refractivity contribution in [2.45, 2.75) is 33.6 Å². The minimum Gasteiger partial charge on any atom is -0.383 e. The quantitative estimate of drug-likeness (QED) is 0.788. The first-order valence-corrected chi connectivity index (χ1v) is 5.66. The van der Waals surface area contributed by atoms with E-state index in [4.69, 9.17) is 5.73 Å². The number of hydrogen-bond acceptors (Lipinski definition) is 2. The Morgan fingerprint density at radius 2 is 1.81 bits per heavy atom. The second kappa shape index (κ2) is 3.78. The number of benzene rings is 1. The molecular formula is C14H18N2. The third-order valence-electron chi connectivity index (χ3n) is 2.94. The van der Waals surface area contributed by atoms with Crippen molar-refractivity contribution < 1.29 is 0 Å². The highest BCUT2D eigenvalue weighted by Gasteiger charge is 2.09. The first-order valence-electron chi connectivity index (χ1n) is 5.66. The molecule has 2 N–H and O–H groups in total. The maximum atomic E-state index is 5.98. The number of aryl methyl sites for hydroxylation is 2. The summed E-state index contributed by atoms with van der Waals surface area (Å²) in [5.41, 5.74) is 10.6. The molecule has 84 valence electrons. The molecule has 0 saturated carbocycles. The van der Waals surface area contributed by atoms with Crippen LogP contribution in [-0.2, 0) is 0 Å². The Morgan fingerprint density at radius 1 is 1.12 bits per heavy atom. The molecule has 2 heteroatoms. The van der Waals surface area contributed by atoms with Gasteiger partial charge in [0.15, 0.2) is 0 Å². The van der Waals surface area contributed by atoms with E-state index in [-0.39, 0.29) is 0 Å². The standard InChI is InChI=1S/C14H18N2/c1-8(2)12-7-11-6-9(3)5-10(4)13(11)16-14(12)15/h5-8H,1-4H3,(H2,15,16). The number of nitrogens with two attached hydrogens (primary N) is 1. The molecule has 1 aromatic heterocycles. The van der Waals surface area contributed by atoms with Gasteiger partial charge in [-0.1, -0.05) is 25.5 Å². The molecule has 1 heterocycles. The highest BCUT2D eigenvalue weighted by Crippen LogP contribution is 2.27. The van der Waals surface area contributed by atoms with Crippen LogP contribution in [-0.4, -0.2) is 4.98 Å². The van der Waals surface area contributed by atoms with Gasteiger partial charge in [-0.05, 0) is 43.0 Å². The van der Waals surface area contributed by atoms with Crippen molar-refractivity contribution in [2.24, 2.45) is 0 Å². The lowest BCUT2D eigenvalue weighted by Crippen LogP contribution is -2.01. The van der Waals surface area contributed by atoms with Crippen LogP contribution in [0, 0.1) is 13.8 Å². The van der Waals surface area contributed by atoms with Gasteiger partial charge in [-0.25, -0.2) is 4.98 Å². The Hall–Kier alpha value is -1.57. The maximum Gasteiger partial charge on any atom is 0.127 e. The van der Waals surface area contributed by atoms with Gasteiger partial charge in [-0.2, -0.15) is 0 Å². The van der Waals surface area contributed by atoms with Crippen LogP contribution in [0.3, 0.4) is 0 Å². The smallest absolute Gasteiger partial charge is 0.127 e. The van der Waals surface area contributed by atoms with E-state index in [1.165, 1.54) is 16.5 Å². The van der Waals surface area contributed by atoms with Crippen LogP contribution in [0.15, 0.2) is 18.2 Å². The summed E-state index contributed by atoms with van der Waals surface area (Å²) in [6, 6.07) is 6.48. The van der Waals surface area contributed by atoms with Crippen LogP contribution in [0.5, 0.6) is 0 Å². The molecule has 0 aliphatic rings. The summed E-state index contributed by atoms with van der Waals surface area (Å²) in [4.78, 5) is 4.52. The van der Waals surface area contributed by atoms with E-state index >= 15 is 0 Å². The van der Waals surface area contributed by atoms with Crippen molar-refractivity contribution in [3.05, 3.63) is 34.9 Å². The Bertz CT molecular complexity index is 542. The predicted octanol–water partition coefficient (Wildman–Crippen LogP) is 3.56. The fraction of sp³-hybridized carbons (Fsp3) is 0.357. The second-order valence-corrected chi connectivity index (χ2v) is 4.77. The number of aromatic nitrogens is 1. The van der Waals surface area contributed by atoms with Gasteiger partial charge in [0.2, 0.25) is 0 Å². The molecule has 0 saturated heterocycles. The van der Waals surface area contributed by atoms with Gasteiger partial charge in [-0.15, -0.1) is 0 Å². The van der Waals surface area contributed by atoms with Crippen LogP contribution >= 0.6 is 0 Å². The zero-order valence-corrected chi connectivity index (χ0v) is 10.3. The van der Waals surface area contributed by atoms with Crippen molar-refractivity contribution in [3.8, 4) is 0 Å². The monoisotopic (exact) mass is 214 g/mol. The fourth-order valence-corrected chi connectivity index (χ4v) is 2.14. The maximum absolute atomic E-state index is 5.98. The van der Waals surface area contributed by atoms with E-state index < -0.39 is 0 Å². The van der Waals surface area contributed by atoms with Gasteiger partial charge in [0, 0.05) is 5.39 Å². The SMILES string of the molecule is Cc1cc(C)c2nc(N)c(C(C)C)cc2c1. The summed E-state index contributed by atoms with van der Waals surface area (Å²) in [7, 11) is 0. The van der Waals surface area contributed by atoms with Crippen LogP contribution in [0.4, 0.5) is 5.82 Å². The number of fused-ring (bicyclic) bond motifs is 1. The number of nitrogens with zero attached hydrogens (tertiary/aromatic N) is 1. The van der Waals surface area contributed by atoms with Crippen LogP contribution in [0.2, 0.25) is 0 Å². The molecule has 0 bridgehead atoms. The molecule has 0 unspecified atom stereocenters. The van der Waals surface area contributed by atoms with Gasteiger partial charge in [0.1, 0.15) is 5.82 Å². The van der Waals surface area contributed by atoms with Gasteiger partial charge >= 0.3 is 0 Å². The van der Waals surface area contributed by atoms with Crippen LogP contribution in [0.1, 0.15) is 36.5 Å². The zero-order chi connectivity index (χ0) is 11.9. The van der Waals surface area contributed by atoms with Crippen LogP contribution in [0.25, 0.3) is 10.9 Å². The fourth-order valence-electron chi connectivity index (χ4n) is 2.14. The molecule has 2 rings (SSSR count). The molecule has 0 spiro atoms. The molecule has 0 radical (unpaired) electrons. The lowest BCUT2D eigenvalue weighted by molar-refractivity contribution is 0.866. The number of pyridine rings is 1. The largest absolute Gasteiger partial charge is 0.383 e. The Labute approximate surface area is 96.5 Å². The van der Waals surface area contributed by atoms with E-state index in [0.717, 1.165) is 11.1 Å². The highest BCUT2D eigenvalue weighted by molar-refractivity contribution is 5.85. The number of rotatable bonds is 1. The van der Waals surface area contributed by atoms with Crippen molar-refractivity contribution in [2.75, 3.05) is 5.73 Å². The molecule has 2 aromatic rings. The number of anilines is 1. The summed E-state index contributed by atoms with van der Waals surface area (Å²) < 4.78 is 0. The molecule has 2 nitrogen and oxygen atoms in total. The van der Waals surface area contributed by atoms with Gasteiger partial charge in [0.25, 0.3) is 0 Å². The zero-order valence-electron chi connectivity index (χ0n) is 10.3. The molecule has 0 aliphatic carbocycles. The molecule has 1 aromatic carbocycles. The van der Waals surface area contributed by atoms with Crippen LogP contribution < -0.4 is 5.73 Å². The Morgan fingerprint density at radius 3 is 2.44 bits per heavy atom. The lowest BCUT2D eigenvalue weighted by atomic mass is 9.99. The molecule has 0 fully saturated rings. The van der Waals surface area contributed by atoms with E-state index in [0.29, 0.717) is 11.7 Å². The first kappa shape index (κ1) is 10.9. The summed E-state index contributed by atoms with van der Waals surface area (Å²) in [5, 5.41) is 1.19. The average molecular weight is 214 g/mol. The Balaban J connectivity index is 2.79. The molecular weight excluding hydrogens is 196 g/mol. The molecule has 16 heavy (non-hydrogen) atoms. The van der Waals surface area contributed by atoms with Gasteiger partial charge in [-0.3, -0.25) is 0 Å². The summed E-state index contributed by atoms with van der Waals surface area (Å²) in [5.74, 6) is 1.08. The summed E-state index contributed by atoms with van der Waals surface area (Å²) >= 11 is 0. The van der Waals surface area contributed by atoms with Gasteiger partial charge < -0.3 is 5.73 Å². The van der Waals surface area contributed by atoms with E-state index in [9.17, 15) is 0 Å². The average Bonchev–Trinajstić information content (AvgIpc) is 2.18. The van der Waals surface area contributed by atoms with E-state index in [1.807, 2.05) is 0 Å². The Kier molecular flexibility index (Phi) is 2.58. The topological polar surface area (TPSA) is 38.9 Å². The molecule has 0 aliphatic heterocycles. The van der Waals surface area contributed by atoms with E-state index in [2.05, 4.69) is 50.9 Å². The third kappa shape index (κ3) is 1.75. The molecule has 0 atom stereocenters. The van der Waals surface area contributed by atoms with Crippen molar-refractivity contribution in [3.63, 3.8) is 0 Å². The third-order valence-corrected chi connectivity index (χ3v) is 2.94. The second-order valence-electron chi connectivity index (χ2n) is 4.77. The van der Waals surface area contributed by atoms with E-state index in [1.54, 1.807) is 0 Å².